The molecule has 1 aromatic rings. The Morgan fingerprint density at radius 2 is 1.32 bits per heavy atom. The molecule has 19 heavy (non-hydrogen) atoms. The predicted octanol–water partition coefficient (Wildman–Crippen LogP) is 3.58. The van der Waals surface area contributed by atoms with E-state index in [-0.39, 0.29) is 0 Å². The number of carbonyl (C=O) groups excluding carboxylic acids is 2. The Bertz CT molecular complexity index is 335. The molecule has 4 N–H and O–H groups in total. The smallest absolute Gasteiger partial charge is 0.273 e. The highest BCUT2D eigenvalue weighted by atomic mass is 32.1. The van der Waals surface area contributed by atoms with Crippen LogP contribution in [0.2, 0.25) is 0 Å². The van der Waals surface area contributed by atoms with Crippen molar-refractivity contribution in [1.29, 1.82) is 0 Å². The van der Waals surface area contributed by atoms with Gasteiger partial charge in [0.05, 0.1) is 0 Å². The summed E-state index contributed by atoms with van der Waals surface area (Å²) in [5.74, 6) is 0.760. The first-order chi connectivity index (χ1) is 8.84. The van der Waals surface area contributed by atoms with Gasteiger partial charge >= 0.3 is 0 Å². The molecular weight excluding hydrogens is 280 g/mol. The summed E-state index contributed by atoms with van der Waals surface area (Å²) >= 11 is 6.21. The van der Waals surface area contributed by atoms with Crippen molar-refractivity contribution < 1.29 is 9.59 Å². The summed E-state index contributed by atoms with van der Waals surface area (Å²) in [5.41, 5.74) is 10.2. The first kappa shape index (κ1) is 20.2. The fourth-order valence-corrected chi connectivity index (χ4v) is 1.49. The Hall–Kier alpha value is -1.14. The van der Waals surface area contributed by atoms with Crippen molar-refractivity contribution in [2.75, 3.05) is 0 Å². The van der Waals surface area contributed by atoms with Gasteiger partial charge in [-0.2, -0.15) is 0 Å². The molecule has 6 heteroatoms. The molecule has 0 saturated carbocycles. The van der Waals surface area contributed by atoms with Gasteiger partial charge in [0.25, 0.3) is 10.5 Å². The molecular formula is C13H22N2O2S2. The van der Waals surface area contributed by atoms with E-state index in [9.17, 15) is 0 Å². The van der Waals surface area contributed by atoms with Crippen molar-refractivity contribution in [3.05, 3.63) is 35.9 Å². The maximum Gasteiger partial charge on any atom is 0.273 e. The zero-order chi connectivity index (χ0) is 15.3. The third kappa shape index (κ3) is 16.9. The van der Waals surface area contributed by atoms with Crippen LogP contribution in [0, 0.1) is 0 Å². The Morgan fingerprint density at radius 3 is 1.58 bits per heavy atom. The SMILES string of the molecule is CCC(CC)c1ccccc1.NC(=O)S.NC(=O)S. The number of primary amides is 2. The minimum atomic E-state index is -0.639. The minimum Gasteiger partial charge on any atom is -0.361 e. The molecule has 0 bridgehead atoms. The maximum absolute atomic E-state index is 9.09. The molecule has 4 nitrogen and oxygen atoms in total. The Balaban J connectivity index is 0. The Kier molecular flexibility index (Phi) is 14.1. The number of rotatable bonds is 3. The molecule has 0 unspecified atom stereocenters. The van der Waals surface area contributed by atoms with E-state index < -0.39 is 10.5 Å². The van der Waals surface area contributed by atoms with Gasteiger partial charge in [0, 0.05) is 0 Å². The number of benzene rings is 1. The van der Waals surface area contributed by atoms with E-state index in [1.165, 1.54) is 18.4 Å². The van der Waals surface area contributed by atoms with Gasteiger partial charge in [0.1, 0.15) is 0 Å². The lowest BCUT2D eigenvalue weighted by Crippen LogP contribution is -1.95. The molecule has 1 aromatic carbocycles. The Morgan fingerprint density at radius 1 is 1.00 bits per heavy atom. The molecule has 0 aliphatic heterocycles. The molecule has 0 aliphatic carbocycles. The van der Waals surface area contributed by atoms with Crippen molar-refractivity contribution >= 4 is 35.7 Å². The number of carbonyl (C=O) groups is 2. The molecule has 108 valence electrons. The van der Waals surface area contributed by atoms with E-state index in [0.717, 1.165) is 5.92 Å². The molecule has 1 rings (SSSR count). The second-order valence-electron chi connectivity index (χ2n) is 3.60. The molecule has 0 atom stereocenters. The van der Waals surface area contributed by atoms with Crippen LogP contribution in [0.25, 0.3) is 0 Å². The fourth-order valence-electron chi connectivity index (χ4n) is 1.49. The lowest BCUT2D eigenvalue weighted by Gasteiger charge is -2.11. The molecule has 0 radical (unpaired) electrons. The third-order valence-electron chi connectivity index (χ3n) is 2.26. The molecule has 0 heterocycles. The average molecular weight is 302 g/mol. The second-order valence-corrected chi connectivity index (χ2v) is 4.48. The summed E-state index contributed by atoms with van der Waals surface area (Å²) in [6.07, 6.45) is 2.50. The van der Waals surface area contributed by atoms with Crippen LogP contribution in [0.1, 0.15) is 38.2 Å². The largest absolute Gasteiger partial charge is 0.361 e. The highest BCUT2D eigenvalue weighted by Crippen LogP contribution is 2.21. The molecule has 0 fully saturated rings. The van der Waals surface area contributed by atoms with Crippen molar-refractivity contribution in [3.63, 3.8) is 0 Å². The molecule has 0 spiro atoms. The van der Waals surface area contributed by atoms with Crippen LogP contribution in [0.15, 0.2) is 30.3 Å². The summed E-state index contributed by atoms with van der Waals surface area (Å²) in [4.78, 5) is 18.2. The van der Waals surface area contributed by atoms with Gasteiger partial charge in [-0.25, -0.2) is 0 Å². The lowest BCUT2D eigenvalue weighted by molar-refractivity contribution is 0.266. The van der Waals surface area contributed by atoms with E-state index in [4.69, 9.17) is 9.59 Å². The van der Waals surface area contributed by atoms with Gasteiger partial charge < -0.3 is 11.5 Å². The number of hydrogen-bond donors (Lipinski definition) is 4. The number of nitrogens with two attached hydrogens (primary N) is 2. The van der Waals surface area contributed by atoms with Gasteiger partial charge in [-0.15, -0.1) is 0 Å². The van der Waals surface area contributed by atoms with Crippen LogP contribution < -0.4 is 11.5 Å². The highest BCUT2D eigenvalue weighted by molar-refractivity contribution is 7.96. The molecule has 2 amide bonds. The topological polar surface area (TPSA) is 86.2 Å². The van der Waals surface area contributed by atoms with Gasteiger partial charge in [-0.3, -0.25) is 9.59 Å². The van der Waals surface area contributed by atoms with Crippen molar-refractivity contribution in [3.8, 4) is 0 Å². The third-order valence-corrected chi connectivity index (χ3v) is 2.26. The van der Waals surface area contributed by atoms with E-state index in [1.54, 1.807) is 0 Å². The first-order valence-electron chi connectivity index (χ1n) is 5.86. The maximum atomic E-state index is 9.09. The fraction of sp³-hybridized carbons (Fsp3) is 0.385. The van der Waals surface area contributed by atoms with E-state index >= 15 is 0 Å². The normalized spacial score (nSPS) is 8.68. The number of amides is 2. The van der Waals surface area contributed by atoms with Gasteiger partial charge in [-0.05, 0) is 24.3 Å². The van der Waals surface area contributed by atoms with Gasteiger partial charge in [0.15, 0.2) is 0 Å². The summed E-state index contributed by atoms with van der Waals surface area (Å²) in [5, 5.41) is -1.28. The van der Waals surface area contributed by atoms with Gasteiger partial charge in [0.2, 0.25) is 0 Å². The second kappa shape index (κ2) is 13.3. The lowest BCUT2D eigenvalue weighted by atomic mass is 9.94. The van der Waals surface area contributed by atoms with Crippen LogP contribution >= 0.6 is 25.3 Å². The van der Waals surface area contributed by atoms with Gasteiger partial charge in [-0.1, -0.05) is 69.4 Å². The van der Waals surface area contributed by atoms with E-state index in [0.29, 0.717) is 0 Å². The van der Waals surface area contributed by atoms with Crippen LogP contribution in [-0.4, -0.2) is 10.5 Å². The molecule has 0 aromatic heterocycles. The van der Waals surface area contributed by atoms with Crippen LogP contribution in [0.4, 0.5) is 9.59 Å². The first-order valence-corrected chi connectivity index (χ1v) is 6.76. The predicted molar refractivity (Wildman–Crippen MR) is 86.9 cm³/mol. The highest BCUT2D eigenvalue weighted by Gasteiger charge is 2.03. The van der Waals surface area contributed by atoms with Crippen LogP contribution in [-0.2, 0) is 0 Å². The summed E-state index contributed by atoms with van der Waals surface area (Å²) in [7, 11) is 0. The van der Waals surface area contributed by atoms with Crippen molar-refractivity contribution in [2.45, 2.75) is 32.6 Å². The summed E-state index contributed by atoms with van der Waals surface area (Å²) in [6.45, 7) is 4.50. The number of thiol groups is 2. The van der Waals surface area contributed by atoms with Crippen molar-refractivity contribution in [1.82, 2.24) is 0 Å². The molecule has 0 aliphatic rings. The summed E-state index contributed by atoms with van der Waals surface area (Å²) in [6, 6.07) is 10.8. The standard InChI is InChI=1S/C11H16.2CH3NOS/c1-3-10(4-2)11-8-6-5-7-9-11;2*2-1(3)4/h5-10H,3-4H2,1-2H3;2*(H3,2,3,4). The van der Waals surface area contributed by atoms with E-state index in [2.05, 4.69) is 80.9 Å². The summed E-state index contributed by atoms with van der Waals surface area (Å²) < 4.78 is 0. The van der Waals surface area contributed by atoms with Crippen LogP contribution in [0.5, 0.6) is 0 Å². The minimum absolute atomic E-state index is 0.639. The number of hydrogen-bond acceptors (Lipinski definition) is 2. The molecule has 0 saturated heterocycles. The zero-order valence-electron chi connectivity index (χ0n) is 11.2. The van der Waals surface area contributed by atoms with Crippen molar-refractivity contribution in [2.24, 2.45) is 11.5 Å². The zero-order valence-corrected chi connectivity index (χ0v) is 13.0. The monoisotopic (exact) mass is 302 g/mol. The van der Waals surface area contributed by atoms with E-state index in [1.807, 2.05) is 0 Å². The quantitative estimate of drug-likeness (QED) is 0.643. The van der Waals surface area contributed by atoms with Crippen LogP contribution in [0.3, 0.4) is 0 Å². The Labute approximate surface area is 125 Å². The average Bonchev–Trinajstić information content (AvgIpc) is 2.30.